The maximum Gasteiger partial charge on any atom is 0.417 e. The van der Waals surface area contributed by atoms with Crippen molar-refractivity contribution in [1.29, 1.82) is 21.0 Å². The summed E-state index contributed by atoms with van der Waals surface area (Å²) in [6, 6.07) is 27.4. The standard InChI is InChI=1S/C32H15F3N4/c1-18-10-19(2-4-23(18)14-36)20-6-8-26-27-9-7-21(12-29(27)31(28(26)11-20)25(16-38)17-39)22-3-5-24(15-37)30(13-22)32(33,34)35/h2-13H,1H3. The minimum absolute atomic E-state index is 0.115. The molecule has 0 unspecified atom stereocenters. The van der Waals surface area contributed by atoms with E-state index in [2.05, 4.69) is 6.07 Å². The Hall–Kier alpha value is -5.63. The minimum atomic E-state index is -4.70. The molecule has 4 aromatic rings. The summed E-state index contributed by atoms with van der Waals surface area (Å²) in [5.41, 5.74) is 5.32. The Morgan fingerprint density at radius 1 is 0.590 bits per heavy atom. The van der Waals surface area contributed by atoms with E-state index in [1.54, 1.807) is 30.3 Å². The van der Waals surface area contributed by atoms with E-state index >= 15 is 0 Å². The largest absolute Gasteiger partial charge is 0.417 e. The molecule has 1 aliphatic carbocycles. The van der Waals surface area contributed by atoms with Crippen molar-refractivity contribution in [2.45, 2.75) is 13.1 Å². The van der Waals surface area contributed by atoms with Crippen molar-refractivity contribution >= 4 is 5.57 Å². The van der Waals surface area contributed by atoms with Crippen LogP contribution in [0, 0.1) is 52.2 Å². The molecule has 0 fully saturated rings. The summed E-state index contributed by atoms with van der Waals surface area (Å²) >= 11 is 0. The number of hydrogen-bond donors (Lipinski definition) is 0. The maximum atomic E-state index is 13.6. The zero-order valence-electron chi connectivity index (χ0n) is 20.4. The van der Waals surface area contributed by atoms with Crippen molar-refractivity contribution in [3.8, 4) is 57.7 Å². The van der Waals surface area contributed by atoms with Crippen molar-refractivity contribution in [2.24, 2.45) is 0 Å². The van der Waals surface area contributed by atoms with Gasteiger partial charge in [-0.3, -0.25) is 0 Å². The summed E-state index contributed by atoms with van der Waals surface area (Å²) in [4.78, 5) is 0. The Morgan fingerprint density at radius 2 is 1.05 bits per heavy atom. The topological polar surface area (TPSA) is 95.2 Å². The first-order valence-corrected chi connectivity index (χ1v) is 11.7. The summed E-state index contributed by atoms with van der Waals surface area (Å²) < 4.78 is 40.8. The summed E-state index contributed by atoms with van der Waals surface area (Å²) in [6.45, 7) is 1.84. The van der Waals surface area contributed by atoms with E-state index in [1.807, 2.05) is 49.4 Å². The molecule has 0 saturated carbocycles. The quantitative estimate of drug-likeness (QED) is 0.225. The predicted molar refractivity (Wildman–Crippen MR) is 139 cm³/mol. The Kier molecular flexibility index (Phi) is 6.00. The van der Waals surface area contributed by atoms with Gasteiger partial charge >= 0.3 is 6.18 Å². The van der Waals surface area contributed by atoms with E-state index in [0.29, 0.717) is 27.8 Å². The normalized spacial score (nSPS) is 11.4. The third-order valence-electron chi connectivity index (χ3n) is 6.80. The molecule has 0 saturated heterocycles. The van der Waals surface area contributed by atoms with Gasteiger partial charge in [-0.1, -0.05) is 42.5 Å². The van der Waals surface area contributed by atoms with Gasteiger partial charge in [0.2, 0.25) is 0 Å². The predicted octanol–water partition coefficient (Wildman–Crippen LogP) is 7.92. The fourth-order valence-electron chi connectivity index (χ4n) is 4.91. The number of nitriles is 4. The molecule has 0 heterocycles. The van der Waals surface area contributed by atoms with Crippen LogP contribution in [-0.2, 0) is 6.18 Å². The smallest absolute Gasteiger partial charge is 0.192 e. The Labute approximate surface area is 222 Å². The van der Waals surface area contributed by atoms with Crippen LogP contribution in [-0.4, -0.2) is 0 Å². The average Bonchev–Trinajstić information content (AvgIpc) is 3.25. The average molecular weight is 512 g/mol. The molecule has 0 aromatic heterocycles. The first-order valence-electron chi connectivity index (χ1n) is 11.7. The summed E-state index contributed by atoms with van der Waals surface area (Å²) in [5, 5.41) is 37.9. The first-order chi connectivity index (χ1) is 18.7. The van der Waals surface area contributed by atoms with Gasteiger partial charge in [0.1, 0.15) is 17.7 Å². The van der Waals surface area contributed by atoms with E-state index in [1.165, 1.54) is 6.07 Å². The summed E-state index contributed by atoms with van der Waals surface area (Å²) in [7, 11) is 0. The fraction of sp³-hybridized carbons (Fsp3) is 0.0625. The highest BCUT2D eigenvalue weighted by atomic mass is 19.4. The Balaban J connectivity index is 1.69. The first kappa shape index (κ1) is 25.0. The van der Waals surface area contributed by atoms with Crippen LogP contribution in [0.15, 0.2) is 78.4 Å². The van der Waals surface area contributed by atoms with Crippen LogP contribution in [0.3, 0.4) is 0 Å². The van der Waals surface area contributed by atoms with Gasteiger partial charge in [0.25, 0.3) is 0 Å². The zero-order valence-corrected chi connectivity index (χ0v) is 20.4. The molecule has 0 spiro atoms. The molecule has 1 aliphatic rings. The highest BCUT2D eigenvalue weighted by Gasteiger charge is 2.34. The summed E-state index contributed by atoms with van der Waals surface area (Å²) in [6.07, 6.45) is -4.70. The zero-order chi connectivity index (χ0) is 27.9. The van der Waals surface area contributed by atoms with E-state index in [9.17, 15) is 29.0 Å². The number of rotatable bonds is 2. The molecule has 0 amide bonds. The number of alkyl halides is 3. The molecular weight excluding hydrogens is 497 g/mol. The molecule has 184 valence electrons. The monoisotopic (exact) mass is 512 g/mol. The lowest BCUT2D eigenvalue weighted by molar-refractivity contribution is -0.137. The summed E-state index contributed by atoms with van der Waals surface area (Å²) in [5.74, 6) is 0. The fourth-order valence-corrected chi connectivity index (χ4v) is 4.91. The number of nitrogens with zero attached hydrogens (tertiary/aromatic N) is 4. The second-order valence-electron chi connectivity index (χ2n) is 9.01. The second kappa shape index (κ2) is 9.35. The van der Waals surface area contributed by atoms with Crippen LogP contribution in [0.25, 0.3) is 39.0 Å². The maximum absolute atomic E-state index is 13.6. The van der Waals surface area contributed by atoms with Crippen LogP contribution in [0.5, 0.6) is 0 Å². The molecule has 4 nitrogen and oxygen atoms in total. The van der Waals surface area contributed by atoms with Gasteiger partial charge in [0.05, 0.1) is 28.8 Å². The van der Waals surface area contributed by atoms with Gasteiger partial charge < -0.3 is 0 Å². The second-order valence-corrected chi connectivity index (χ2v) is 9.01. The number of fused-ring (bicyclic) bond motifs is 3. The highest BCUT2D eigenvalue weighted by Crippen LogP contribution is 2.48. The van der Waals surface area contributed by atoms with Gasteiger partial charge in [-0.25, -0.2) is 0 Å². The lowest BCUT2D eigenvalue weighted by Gasteiger charge is -2.12. The van der Waals surface area contributed by atoms with E-state index in [-0.39, 0.29) is 11.1 Å². The van der Waals surface area contributed by atoms with Crippen LogP contribution in [0.2, 0.25) is 0 Å². The molecule has 7 heteroatoms. The third-order valence-corrected chi connectivity index (χ3v) is 6.80. The molecule has 0 N–H and O–H groups in total. The highest BCUT2D eigenvalue weighted by molar-refractivity contribution is 6.05. The SMILES string of the molecule is Cc1cc(-c2ccc3c(c2)C(=C(C#N)C#N)c2cc(-c4ccc(C#N)c(C(F)(F)F)c4)ccc2-3)ccc1C#N. The van der Waals surface area contributed by atoms with Crippen molar-refractivity contribution < 1.29 is 13.2 Å². The molecule has 0 atom stereocenters. The van der Waals surface area contributed by atoms with Gasteiger partial charge in [-0.15, -0.1) is 0 Å². The Bertz CT molecular complexity index is 1890. The molecular formula is C32H15F3N4. The van der Waals surface area contributed by atoms with Crippen molar-refractivity contribution in [3.63, 3.8) is 0 Å². The van der Waals surface area contributed by atoms with Gasteiger partial charge in [0.15, 0.2) is 0 Å². The van der Waals surface area contributed by atoms with E-state index < -0.39 is 17.3 Å². The van der Waals surface area contributed by atoms with Crippen LogP contribution in [0.1, 0.15) is 33.4 Å². The third kappa shape index (κ3) is 4.19. The van der Waals surface area contributed by atoms with Crippen LogP contribution in [0.4, 0.5) is 13.2 Å². The van der Waals surface area contributed by atoms with Gasteiger partial charge in [-0.05, 0) is 87.3 Å². The molecule has 39 heavy (non-hydrogen) atoms. The lowest BCUT2D eigenvalue weighted by Crippen LogP contribution is -2.08. The van der Waals surface area contributed by atoms with Crippen molar-refractivity contribution in [1.82, 2.24) is 0 Å². The number of aryl methyl sites for hydroxylation is 1. The number of benzene rings is 4. The minimum Gasteiger partial charge on any atom is -0.192 e. The van der Waals surface area contributed by atoms with E-state index in [4.69, 9.17) is 5.26 Å². The number of hydrogen-bond acceptors (Lipinski definition) is 4. The molecule has 0 radical (unpaired) electrons. The number of allylic oxidation sites excluding steroid dienone is 1. The molecule has 0 aliphatic heterocycles. The van der Waals surface area contributed by atoms with Crippen molar-refractivity contribution in [2.75, 3.05) is 0 Å². The van der Waals surface area contributed by atoms with Gasteiger partial charge in [0, 0.05) is 5.57 Å². The molecule has 0 bridgehead atoms. The van der Waals surface area contributed by atoms with Crippen LogP contribution < -0.4 is 0 Å². The van der Waals surface area contributed by atoms with E-state index in [0.717, 1.165) is 39.9 Å². The van der Waals surface area contributed by atoms with Crippen molar-refractivity contribution in [3.05, 3.63) is 112 Å². The lowest BCUT2D eigenvalue weighted by atomic mass is 9.93. The molecule has 4 aromatic carbocycles. The van der Waals surface area contributed by atoms with Crippen LogP contribution >= 0.6 is 0 Å². The van der Waals surface area contributed by atoms with Gasteiger partial charge in [-0.2, -0.15) is 34.2 Å². The Morgan fingerprint density at radius 3 is 1.51 bits per heavy atom. The molecule has 5 rings (SSSR count). The number of halogens is 3.